The summed E-state index contributed by atoms with van der Waals surface area (Å²) >= 11 is 0. The fourth-order valence-electron chi connectivity index (χ4n) is 5.51. The molecule has 0 aromatic rings. The average Bonchev–Trinajstić information content (AvgIpc) is 2.73. The van der Waals surface area contributed by atoms with E-state index in [-0.39, 0.29) is 17.4 Å². The van der Waals surface area contributed by atoms with Gasteiger partial charge < -0.3 is 19.6 Å². The maximum Gasteiger partial charge on any atom is 0.359 e. The molecule has 29 heavy (non-hydrogen) atoms. The van der Waals surface area contributed by atoms with Gasteiger partial charge in [-0.2, -0.15) is 5.26 Å². The summed E-state index contributed by atoms with van der Waals surface area (Å²) in [4.78, 5) is 16.6. The molecule has 1 N–H and O–H groups in total. The van der Waals surface area contributed by atoms with E-state index in [1.807, 2.05) is 22.0 Å². The predicted octanol–water partition coefficient (Wildman–Crippen LogP) is 3.32. The molecule has 3 fully saturated rings. The molecule has 2 bridgehead atoms. The second-order valence-electron chi connectivity index (χ2n) is 8.65. The second-order valence-corrected chi connectivity index (χ2v) is 8.65. The normalized spacial score (nSPS) is 35.1. The SMILES string of the molecule is C=C1C(C)C2(CC)CCCN(C#N)CCC3=CC=CC[C@@H]3N1C(O)(C(=O)OC)C2. The summed E-state index contributed by atoms with van der Waals surface area (Å²) in [5.41, 5.74) is -0.106. The molecule has 3 heterocycles. The molecule has 0 saturated carbocycles. The Balaban J connectivity index is 2.14. The summed E-state index contributed by atoms with van der Waals surface area (Å²) in [7, 11) is 1.33. The third-order valence-corrected chi connectivity index (χ3v) is 7.40. The summed E-state index contributed by atoms with van der Waals surface area (Å²) in [5.74, 6) is -0.507. The van der Waals surface area contributed by atoms with Gasteiger partial charge in [-0.3, -0.25) is 0 Å². The fourth-order valence-corrected chi connectivity index (χ4v) is 5.51. The number of carbonyl (C=O) groups excluding carboxylic acids is 1. The molecule has 4 atom stereocenters. The summed E-state index contributed by atoms with van der Waals surface area (Å²) in [6.45, 7) is 9.97. The largest absolute Gasteiger partial charge is 0.465 e. The molecule has 0 amide bonds. The number of hydrogen-bond acceptors (Lipinski definition) is 6. The highest BCUT2D eigenvalue weighted by Crippen LogP contribution is 2.54. The Morgan fingerprint density at radius 2 is 2.24 bits per heavy atom. The molecule has 3 saturated heterocycles. The van der Waals surface area contributed by atoms with E-state index >= 15 is 0 Å². The number of aliphatic hydroxyl groups is 1. The molecule has 3 unspecified atom stereocenters. The minimum absolute atomic E-state index is 0.111. The quantitative estimate of drug-likeness (QED) is 0.567. The van der Waals surface area contributed by atoms with Crippen LogP contribution in [0, 0.1) is 22.8 Å². The van der Waals surface area contributed by atoms with Gasteiger partial charge in [-0.05, 0) is 43.1 Å². The zero-order valence-corrected chi connectivity index (χ0v) is 17.9. The number of allylic oxidation sites excluding steroid dienone is 3. The van der Waals surface area contributed by atoms with Crippen molar-refractivity contribution in [2.75, 3.05) is 20.2 Å². The first-order valence-corrected chi connectivity index (χ1v) is 10.6. The Bertz CT molecular complexity index is 768. The fraction of sp³-hybridized carbons (Fsp3) is 0.652. The van der Waals surface area contributed by atoms with E-state index in [4.69, 9.17) is 4.74 Å². The first kappa shape index (κ1) is 21.4. The van der Waals surface area contributed by atoms with Gasteiger partial charge >= 0.3 is 5.97 Å². The van der Waals surface area contributed by atoms with Crippen molar-refractivity contribution in [3.8, 4) is 6.19 Å². The molecule has 0 spiro atoms. The van der Waals surface area contributed by atoms with Gasteiger partial charge in [0.05, 0.1) is 13.2 Å². The van der Waals surface area contributed by atoms with Crippen LogP contribution in [0.2, 0.25) is 0 Å². The third kappa shape index (κ3) is 3.57. The van der Waals surface area contributed by atoms with Crippen molar-refractivity contribution < 1.29 is 14.6 Å². The van der Waals surface area contributed by atoms with E-state index in [1.165, 1.54) is 7.11 Å². The molecule has 0 aromatic heterocycles. The Morgan fingerprint density at radius 1 is 1.48 bits per heavy atom. The molecule has 4 rings (SSSR count). The lowest BCUT2D eigenvalue weighted by molar-refractivity contribution is -0.208. The van der Waals surface area contributed by atoms with Gasteiger partial charge in [-0.25, -0.2) is 4.79 Å². The molecule has 6 nitrogen and oxygen atoms in total. The van der Waals surface area contributed by atoms with Gasteiger partial charge in [-0.15, -0.1) is 0 Å². The van der Waals surface area contributed by atoms with E-state index in [1.54, 1.807) is 0 Å². The van der Waals surface area contributed by atoms with Crippen molar-refractivity contribution in [2.24, 2.45) is 11.3 Å². The second kappa shape index (κ2) is 8.23. The highest BCUT2D eigenvalue weighted by Gasteiger charge is 2.58. The first-order valence-electron chi connectivity index (χ1n) is 10.6. The first-order chi connectivity index (χ1) is 13.8. The number of piperidine rings is 1. The average molecular weight is 400 g/mol. The van der Waals surface area contributed by atoms with Gasteiger partial charge in [0, 0.05) is 31.1 Å². The summed E-state index contributed by atoms with van der Waals surface area (Å²) in [6, 6.07) is -0.172. The number of carbonyl (C=O) groups is 1. The maximum atomic E-state index is 12.9. The van der Waals surface area contributed by atoms with Gasteiger partial charge in [0.1, 0.15) is 0 Å². The number of esters is 1. The lowest BCUT2D eigenvalue weighted by Gasteiger charge is -2.58. The molecule has 0 radical (unpaired) electrons. The van der Waals surface area contributed by atoms with Crippen LogP contribution in [-0.4, -0.2) is 52.8 Å². The van der Waals surface area contributed by atoms with Crippen molar-refractivity contribution in [1.29, 1.82) is 5.26 Å². The zero-order chi connectivity index (χ0) is 21.2. The monoisotopic (exact) mass is 399 g/mol. The number of nitrogens with zero attached hydrogens (tertiary/aromatic N) is 3. The minimum Gasteiger partial charge on any atom is -0.465 e. The van der Waals surface area contributed by atoms with Crippen LogP contribution in [-0.2, 0) is 9.53 Å². The zero-order valence-electron chi connectivity index (χ0n) is 17.9. The Labute approximate surface area is 174 Å². The standard InChI is InChI=1S/C23H33N3O3/c1-5-22-12-8-13-25(16-24)14-11-19-9-6-7-10-20(19)26(18(3)17(22)2)23(28,15-22)21(27)29-4/h6-7,9,17,20,28H,3,5,8,10-15H2,1-2,4H3/t17?,20-,22?,23?/m0/s1. The Kier molecular flexibility index (Phi) is 6.09. The topological polar surface area (TPSA) is 76.8 Å². The molecular formula is C23H33N3O3. The van der Waals surface area contributed by atoms with Crippen LogP contribution in [0.15, 0.2) is 36.1 Å². The molecule has 0 aromatic carbocycles. The van der Waals surface area contributed by atoms with Gasteiger partial charge in [0.25, 0.3) is 0 Å². The van der Waals surface area contributed by atoms with Crippen LogP contribution in [0.4, 0.5) is 0 Å². The van der Waals surface area contributed by atoms with Crippen molar-refractivity contribution in [3.05, 3.63) is 36.1 Å². The highest BCUT2D eigenvalue weighted by atomic mass is 16.5. The molecule has 3 aliphatic heterocycles. The smallest absolute Gasteiger partial charge is 0.359 e. The van der Waals surface area contributed by atoms with Crippen molar-refractivity contribution in [2.45, 2.75) is 64.1 Å². The molecular weight excluding hydrogens is 366 g/mol. The van der Waals surface area contributed by atoms with Gasteiger partial charge in [-0.1, -0.05) is 38.7 Å². The minimum atomic E-state index is -1.74. The van der Waals surface area contributed by atoms with Crippen molar-refractivity contribution in [1.82, 2.24) is 9.80 Å². The molecule has 158 valence electrons. The van der Waals surface area contributed by atoms with E-state index in [0.717, 1.165) is 30.5 Å². The number of hydrogen-bond donors (Lipinski definition) is 1. The van der Waals surface area contributed by atoms with Crippen molar-refractivity contribution in [3.63, 3.8) is 0 Å². The van der Waals surface area contributed by atoms with Crippen LogP contribution in [0.3, 0.4) is 0 Å². The Hall–Kier alpha value is -2.26. The van der Waals surface area contributed by atoms with Crippen LogP contribution in [0.5, 0.6) is 0 Å². The summed E-state index contributed by atoms with van der Waals surface area (Å²) in [5, 5.41) is 21.4. The van der Waals surface area contributed by atoms with Crippen LogP contribution in [0.1, 0.15) is 52.4 Å². The predicted molar refractivity (Wildman–Crippen MR) is 111 cm³/mol. The van der Waals surface area contributed by atoms with Crippen LogP contribution in [0.25, 0.3) is 0 Å². The van der Waals surface area contributed by atoms with E-state index < -0.39 is 11.7 Å². The van der Waals surface area contributed by atoms with E-state index in [9.17, 15) is 15.2 Å². The van der Waals surface area contributed by atoms with Crippen LogP contribution >= 0.6 is 0 Å². The lowest BCUT2D eigenvalue weighted by atomic mass is 9.61. The van der Waals surface area contributed by atoms with E-state index in [0.29, 0.717) is 32.4 Å². The maximum absolute atomic E-state index is 12.9. The molecule has 6 heteroatoms. The van der Waals surface area contributed by atoms with E-state index in [2.05, 4.69) is 32.7 Å². The third-order valence-electron chi connectivity index (χ3n) is 7.40. The number of rotatable bonds is 2. The summed E-state index contributed by atoms with van der Waals surface area (Å²) in [6.07, 6.45) is 12.6. The number of nitriles is 1. The van der Waals surface area contributed by atoms with Crippen LogP contribution < -0.4 is 0 Å². The molecule has 4 aliphatic rings. The van der Waals surface area contributed by atoms with Crippen molar-refractivity contribution >= 4 is 5.97 Å². The van der Waals surface area contributed by atoms with Gasteiger partial charge in [0.15, 0.2) is 6.19 Å². The Morgan fingerprint density at radius 3 is 2.90 bits per heavy atom. The number of fused-ring (bicyclic) bond motifs is 7. The number of ether oxygens (including phenoxy) is 1. The molecule has 1 aliphatic carbocycles. The summed E-state index contributed by atoms with van der Waals surface area (Å²) < 4.78 is 5.10. The highest BCUT2D eigenvalue weighted by molar-refractivity contribution is 5.79. The lowest BCUT2D eigenvalue weighted by Crippen LogP contribution is -2.66. The number of methoxy groups -OCH3 is 1. The van der Waals surface area contributed by atoms with Gasteiger partial charge in [0.2, 0.25) is 5.72 Å².